The average molecular weight is 275 g/mol. The Balaban J connectivity index is 2.17. The molecule has 1 aliphatic heterocycles. The highest BCUT2D eigenvalue weighted by Gasteiger charge is 2.20. The molecule has 1 atom stereocenters. The maximum Gasteiger partial charge on any atom is 0.139 e. The number of ether oxygens (including phenoxy) is 2. The van der Waals surface area contributed by atoms with Crippen LogP contribution in [0.1, 0.15) is 31.1 Å². The summed E-state index contributed by atoms with van der Waals surface area (Å²) >= 11 is 3.38. The molecule has 1 saturated heterocycles. The highest BCUT2D eigenvalue weighted by Crippen LogP contribution is 2.29. The Bertz CT molecular complexity index is 321. The Hall–Kier alpha value is -0.390. The molecule has 0 amide bonds. The van der Waals surface area contributed by atoms with Crippen LogP contribution in [0.2, 0.25) is 0 Å². The number of rotatable bonds is 3. The minimum Gasteiger partial charge on any atom is -0.372 e. The summed E-state index contributed by atoms with van der Waals surface area (Å²) in [6.45, 7) is 1.32. The quantitative estimate of drug-likeness (QED) is 0.850. The highest BCUT2D eigenvalue weighted by atomic mass is 79.9. The Morgan fingerprint density at radius 2 is 2.53 bits per heavy atom. The molecule has 0 radical (unpaired) electrons. The van der Waals surface area contributed by atoms with E-state index in [-0.39, 0.29) is 6.10 Å². The molecule has 1 unspecified atom stereocenters. The number of aromatic nitrogens is 2. The van der Waals surface area contributed by atoms with Gasteiger partial charge in [0.05, 0.1) is 11.8 Å². The van der Waals surface area contributed by atoms with E-state index in [0.29, 0.717) is 6.73 Å². The van der Waals surface area contributed by atoms with Crippen molar-refractivity contribution in [3.63, 3.8) is 0 Å². The van der Waals surface area contributed by atoms with Crippen molar-refractivity contribution in [1.29, 1.82) is 0 Å². The molecule has 84 valence electrons. The summed E-state index contributed by atoms with van der Waals surface area (Å²) in [5.74, 6) is 0. The van der Waals surface area contributed by atoms with E-state index >= 15 is 0 Å². The lowest BCUT2D eigenvalue weighted by Crippen LogP contribution is -2.16. The molecule has 1 aliphatic rings. The normalized spacial score (nSPS) is 21.9. The Morgan fingerprint density at radius 1 is 1.67 bits per heavy atom. The van der Waals surface area contributed by atoms with Crippen molar-refractivity contribution in [3.05, 3.63) is 16.4 Å². The first-order chi connectivity index (χ1) is 7.31. The first-order valence-corrected chi connectivity index (χ1v) is 5.94. The number of methoxy groups -OCH3 is 1. The average Bonchev–Trinajstić information content (AvgIpc) is 2.62. The molecule has 0 saturated carbocycles. The van der Waals surface area contributed by atoms with Crippen LogP contribution in [-0.2, 0) is 16.2 Å². The van der Waals surface area contributed by atoms with E-state index in [1.165, 1.54) is 6.42 Å². The molecule has 1 fully saturated rings. The summed E-state index contributed by atoms with van der Waals surface area (Å²) in [5.41, 5.74) is 1.10. The van der Waals surface area contributed by atoms with Gasteiger partial charge in [-0.1, -0.05) is 0 Å². The van der Waals surface area contributed by atoms with Crippen LogP contribution in [0.25, 0.3) is 0 Å². The van der Waals surface area contributed by atoms with Gasteiger partial charge in [0.15, 0.2) is 0 Å². The van der Waals surface area contributed by atoms with Crippen LogP contribution in [0.5, 0.6) is 0 Å². The van der Waals surface area contributed by atoms with Gasteiger partial charge < -0.3 is 9.47 Å². The second-order valence-corrected chi connectivity index (χ2v) is 4.48. The molecule has 0 aromatic carbocycles. The molecule has 0 spiro atoms. The lowest BCUT2D eigenvalue weighted by Gasteiger charge is -2.23. The summed E-state index contributed by atoms with van der Waals surface area (Å²) in [6, 6.07) is 2.01. The van der Waals surface area contributed by atoms with Crippen molar-refractivity contribution in [3.8, 4) is 0 Å². The number of halogens is 1. The maximum absolute atomic E-state index is 5.73. The Morgan fingerprint density at radius 3 is 3.20 bits per heavy atom. The molecule has 5 heteroatoms. The first-order valence-electron chi connectivity index (χ1n) is 5.15. The van der Waals surface area contributed by atoms with E-state index in [2.05, 4.69) is 21.0 Å². The van der Waals surface area contributed by atoms with E-state index < -0.39 is 0 Å². The summed E-state index contributed by atoms with van der Waals surface area (Å²) in [4.78, 5) is 0. The molecule has 1 aromatic heterocycles. The van der Waals surface area contributed by atoms with Gasteiger partial charge >= 0.3 is 0 Å². The van der Waals surface area contributed by atoms with Crippen molar-refractivity contribution in [2.24, 2.45) is 0 Å². The van der Waals surface area contributed by atoms with Gasteiger partial charge in [-0.25, -0.2) is 4.68 Å². The fourth-order valence-corrected chi connectivity index (χ4v) is 2.28. The number of hydrogen-bond acceptors (Lipinski definition) is 3. The van der Waals surface area contributed by atoms with Gasteiger partial charge in [-0.2, -0.15) is 5.10 Å². The molecule has 2 rings (SSSR count). The molecular formula is C10H15BrN2O2. The smallest absolute Gasteiger partial charge is 0.139 e. The Kier molecular flexibility index (Phi) is 3.77. The topological polar surface area (TPSA) is 36.3 Å². The van der Waals surface area contributed by atoms with Gasteiger partial charge in [-0.15, -0.1) is 0 Å². The zero-order chi connectivity index (χ0) is 10.7. The number of nitrogens with zero attached hydrogens (tertiary/aromatic N) is 2. The Labute approximate surface area is 97.7 Å². The van der Waals surface area contributed by atoms with E-state index in [1.54, 1.807) is 7.11 Å². The van der Waals surface area contributed by atoms with E-state index in [1.807, 2.05) is 10.7 Å². The molecule has 0 N–H and O–H groups in total. The predicted octanol–water partition coefficient (Wildman–Crippen LogP) is 2.49. The van der Waals surface area contributed by atoms with Crippen LogP contribution in [0.4, 0.5) is 0 Å². The molecule has 15 heavy (non-hydrogen) atoms. The largest absolute Gasteiger partial charge is 0.372 e. The van der Waals surface area contributed by atoms with Gasteiger partial charge in [0.1, 0.15) is 11.3 Å². The van der Waals surface area contributed by atoms with Crippen molar-refractivity contribution >= 4 is 15.9 Å². The summed E-state index contributed by atoms with van der Waals surface area (Å²) in [7, 11) is 1.67. The summed E-state index contributed by atoms with van der Waals surface area (Å²) in [6.07, 6.45) is 3.63. The molecule has 2 heterocycles. The van der Waals surface area contributed by atoms with E-state index in [4.69, 9.17) is 9.47 Å². The second kappa shape index (κ2) is 5.09. The first kappa shape index (κ1) is 11.1. The predicted molar refractivity (Wildman–Crippen MR) is 59.5 cm³/mol. The molecule has 4 nitrogen and oxygen atoms in total. The zero-order valence-corrected chi connectivity index (χ0v) is 10.4. The van der Waals surface area contributed by atoms with Gasteiger partial charge in [-0.3, -0.25) is 0 Å². The third-order valence-electron chi connectivity index (χ3n) is 2.54. The minimum atomic E-state index is 0.174. The summed E-state index contributed by atoms with van der Waals surface area (Å²) < 4.78 is 13.5. The van der Waals surface area contributed by atoms with Crippen LogP contribution in [-0.4, -0.2) is 23.5 Å². The van der Waals surface area contributed by atoms with Crippen LogP contribution < -0.4 is 0 Å². The standard InChI is InChI=1S/C10H15BrN2O2/c1-14-7-13-8(6-10(11)12-13)9-4-2-3-5-15-9/h6,9H,2-5,7H2,1H3. The molecule has 0 bridgehead atoms. The lowest BCUT2D eigenvalue weighted by molar-refractivity contribution is 0.00412. The van der Waals surface area contributed by atoms with Crippen molar-refractivity contribution in [2.45, 2.75) is 32.1 Å². The summed E-state index contributed by atoms with van der Waals surface area (Å²) in [5, 5.41) is 4.30. The highest BCUT2D eigenvalue weighted by molar-refractivity contribution is 9.10. The van der Waals surface area contributed by atoms with Crippen LogP contribution >= 0.6 is 15.9 Å². The van der Waals surface area contributed by atoms with Gasteiger partial charge in [0.2, 0.25) is 0 Å². The third kappa shape index (κ3) is 2.59. The minimum absolute atomic E-state index is 0.174. The van der Waals surface area contributed by atoms with Crippen LogP contribution in [0.15, 0.2) is 10.7 Å². The van der Waals surface area contributed by atoms with E-state index in [9.17, 15) is 0 Å². The van der Waals surface area contributed by atoms with E-state index in [0.717, 1.165) is 29.7 Å². The SMILES string of the molecule is COCn1nc(Br)cc1C1CCCCO1. The fraction of sp³-hybridized carbons (Fsp3) is 0.700. The van der Waals surface area contributed by atoms with Gasteiger partial charge in [0.25, 0.3) is 0 Å². The monoisotopic (exact) mass is 274 g/mol. The van der Waals surface area contributed by atoms with Gasteiger partial charge in [-0.05, 0) is 41.3 Å². The molecular weight excluding hydrogens is 260 g/mol. The fourth-order valence-electron chi connectivity index (χ4n) is 1.86. The number of hydrogen-bond donors (Lipinski definition) is 0. The van der Waals surface area contributed by atoms with Gasteiger partial charge in [0, 0.05) is 13.7 Å². The maximum atomic E-state index is 5.73. The van der Waals surface area contributed by atoms with Crippen LogP contribution in [0.3, 0.4) is 0 Å². The van der Waals surface area contributed by atoms with Crippen molar-refractivity contribution in [1.82, 2.24) is 9.78 Å². The second-order valence-electron chi connectivity index (χ2n) is 3.66. The molecule has 1 aromatic rings. The lowest BCUT2D eigenvalue weighted by atomic mass is 10.1. The zero-order valence-electron chi connectivity index (χ0n) is 8.78. The third-order valence-corrected chi connectivity index (χ3v) is 2.93. The van der Waals surface area contributed by atoms with Crippen LogP contribution in [0, 0.1) is 0 Å². The molecule has 0 aliphatic carbocycles. The van der Waals surface area contributed by atoms with Crippen molar-refractivity contribution < 1.29 is 9.47 Å². The van der Waals surface area contributed by atoms with Crippen molar-refractivity contribution in [2.75, 3.05) is 13.7 Å².